The Morgan fingerprint density at radius 3 is 3.29 bits per heavy atom. The first kappa shape index (κ1) is 13.3. The molecule has 3 nitrogen and oxygen atoms in total. The van der Waals surface area contributed by atoms with E-state index in [-0.39, 0.29) is 0 Å². The molecule has 1 aromatic rings. The van der Waals surface area contributed by atoms with Gasteiger partial charge in [-0.2, -0.15) is 11.8 Å². The molecule has 1 aliphatic rings. The highest BCUT2D eigenvalue weighted by atomic mass is 32.2. The zero-order valence-electron chi connectivity index (χ0n) is 10.3. The van der Waals surface area contributed by atoms with E-state index in [1.165, 1.54) is 29.5 Å². The number of hydrogen-bond donors (Lipinski definition) is 2. The van der Waals surface area contributed by atoms with Crippen molar-refractivity contribution in [3.63, 3.8) is 0 Å². The van der Waals surface area contributed by atoms with E-state index in [4.69, 9.17) is 0 Å². The van der Waals surface area contributed by atoms with Gasteiger partial charge in [-0.25, -0.2) is 4.98 Å². The highest BCUT2D eigenvalue weighted by molar-refractivity contribution is 7.99. The Morgan fingerprint density at radius 2 is 2.59 bits per heavy atom. The summed E-state index contributed by atoms with van der Waals surface area (Å²) in [6.07, 6.45) is 3.12. The summed E-state index contributed by atoms with van der Waals surface area (Å²) in [6, 6.07) is 0.705. The molecule has 2 unspecified atom stereocenters. The quantitative estimate of drug-likeness (QED) is 0.775. The molecule has 0 radical (unpaired) electrons. The molecular weight excluding hydrogens is 250 g/mol. The predicted octanol–water partition coefficient (Wildman–Crippen LogP) is 1.93. The van der Waals surface area contributed by atoms with Gasteiger partial charge < -0.3 is 10.6 Å². The van der Waals surface area contributed by atoms with Crippen LogP contribution >= 0.6 is 23.1 Å². The molecule has 2 N–H and O–H groups in total. The zero-order valence-corrected chi connectivity index (χ0v) is 11.9. The van der Waals surface area contributed by atoms with E-state index in [0.29, 0.717) is 12.0 Å². The molecule has 96 valence electrons. The van der Waals surface area contributed by atoms with Crippen LogP contribution in [-0.4, -0.2) is 42.2 Å². The maximum Gasteiger partial charge on any atom is 0.0965 e. The predicted molar refractivity (Wildman–Crippen MR) is 77.1 cm³/mol. The number of thioether (sulfide) groups is 1. The molecule has 0 spiro atoms. The third-order valence-electron chi connectivity index (χ3n) is 2.99. The number of nitrogens with one attached hydrogen (secondary N) is 2. The van der Waals surface area contributed by atoms with Crippen LogP contribution in [0.15, 0.2) is 11.6 Å². The summed E-state index contributed by atoms with van der Waals surface area (Å²) >= 11 is 3.82. The van der Waals surface area contributed by atoms with Crippen molar-refractivity contribution in [3.05, 3.63) is 16.6 Å². The van der Waals surface area contributed by atoms with E-state index >= 15 is 0 Å². The smallest absolute Gasteiger partial charge is 0.0965 e. The van der Waals surface area contributed by atoms with Crippen LogP contribution in [0.5, 0.6) is 0 Å². The molecule has 0 aromatic carbocycles. The van der Waals surface area contributed by atoms with Gasteiger partial charge in [-0.05, 0) is 13.0 Å². The van der Waals surface area contributed by atoms with Gasteiger partial charge in [0.1, 0.15) is 0 Å². The minimum absolute atomic E-state index is 0.531. The van der Waals surface area contributed by atoms with Gasteiger partial charge >= 0.3 is 0 Å². The summed E-state index contributed by atoms with van der Waals surface area (Å²) < 4.78 is 0. The molecule has 0 amide bonds. The average Bonchev–Trinajstić information content (AvgIpc) is 2.89. The van der Waals surface area contributed by atoms with Crippen LogP contribution in [0.1, 0.15) is 24.3 Å². The number of thiazole rings is 1. The lowest BCUT2D eigenvalue weighted by atomic mass is 10.2. The third kappa shape index (κ3) is 4.58. The zero-order chi connectivity index (χ0) is 11.9. The summed E-state index contributed by atoms with van der Waals surface area (Å²) in [4.78, 5) is 4.35. The van der Waals surface area contributed by atoms with Crippen molar-refractivity contribution in [3.8, 4) is 0 Å². The highest BCUT2D eigenvalue weighted by Gasteiger charge is 2.12. The van der Waals surface area contributed by atoms with E-state index in [2.05, 4.69) is 39.7 Å². The van der Waals surface area contributed by atoms with Gasteiger partial charge in [-0.15, -0.1) is 11.3 Å². The fraction of sp³-hybridized carbons (Fsp3) is 0.750. The molecule has 0 saturated carbocycles. The molecule has 1 aromatic heterocycles. The summed E-state index contributed by atoms with van der Waals surface area (Å²) in [7, 11) is 0. The maximum atomic E-state index is 4.35. The minimum atomic E-state index is 0.531. The summed E-state index contributed by atoms with van der Waals surface area (Å²) in [5.41, 5.74) is 0. The van der Waals surface area contributed by atoms with E-state index in [0.717, 1.165) is 13.1 Å². The Kier molecular flexibility index (Phi) is 5.77. The SMILES string of the molecule is CC(CNCCC1CSCCN1)c1nccs1. The second-order valence-corrected chi connectivity index (χ2v) is 6.57. The van der Waals surface area contributed by atoms with Crippen LogP contribution < -0.4 is 10.6 Å². The first-order chi connectivity index (χ1) is 8.36. The van der Waals surface area contributed by atoms with Crippen LogP contribution in [0.3, 0.4) is 0 Å². The van der Waals surface area contributed by atoms with Crippen molar-refractivity contribution in [2.45, 2.75) is 25.3 Å². The molecule has 2 rings (SSSR count). The van der Waals surface area contributed by atoms with E-state index in [1.807, 2.05) is 6.20 Å². The molecule has 2 heterocycles. The molecule has 0 aliphatic carbocycles. The van der Waals surface area contributed by atoms with Crippen molar-refractivity contribution in [1.29, 1.82) is 0 Å². The number of aromatic nitrogens is 1. The monoisotopic (exact) mass is 271 g/mol. The van der Waals surface area contributed by atoms with Crippen LogP contribution in [-0.2, 0) is 0 Å². The van der Waals surface area contributed by atoms with Gasteiger partial charge in [-0.3, -0.25) is 0 Å². The largest absolute Gasteiger partial charge is 0.316 e. The summed E-state index contributed by atoms with van der Waals surface area (Å²) in [5.74, 6) is 3.07. The van der Waals surface area contributed by atoms with E-state index in [9.17, 15) is 0 Å². The standard InChI is InChI=1S/C12H21N3S2/c1-10(12-15-5-7-17-12)8-13-3-2-11-9-16-6-4-14-11/h5,7,10-11,13-14H,2-4,6,8-9H2,1H3. The van der Waals surface area contributed by atoms with Crippen molar-refractivity contribution in [2.24, 2.45) is 0 Å². The first-order valence-corrected chi connectivity index (χ1v) is 8.31. The molecule has 5 heteroatoms. The topological polar surface area (TPSA) is 37.0 Å². The third-order valence-corrected chi connectivity index (χ3v) is 5.13. The molecule has 17 heavy (non-hydrogen) atoms. The van der Waals surface area contributed by atoms with Crippen LogP contribution in [0.25, 0.3) is 0 Å². The van der Waals surface area contributed by atoms with Gasteiger partial charge in [0.05, 0.1) is 5.01 Å². The van der Waals surface area contributed by atoms with Gasteiger partial charge in [0.2, 0.25) is 0 Å². The Hall–Kier alpha value is -0.100. The van der Waals surface area contributed by atoms with Gasteiger partial charge in [0.15, 0.2) is 0 Å². The lowest BCUT2D eigenvalue weighted by Gasteiger charge is -2.23. The Balaban J connectivity index is 1.56. The van der Waals surface area contributed by atoms with Crippen molar-refractivity contribution >= 4 is 23.1 Å². The molecule has 1 fully saturated rings. The Morgan fingerprint density at radius 1 is 1.65 bits per heavy atom. The van der Waals surface area contributed by atoms with Crippen molar-refractivity contribution < 1.29 is 0 Å². The van der Waals surface area contributed by atoms with Gasteiger partial charge in [0.25, 0.3) is 0 Å². The van der Waals surface area contributed by atoms with Gasteiger partial charge in [-0.1, -0.05) is 6.92 Å². The average molecular weight is 271 g/mol. The van der Waals surface area contributed by atoms with Crippen molar-refractivity contribution in [2.75, 3.05) is 31.1 Å². The fourth-order valence-corrected chi connectivity index (χ4v) is 3.66. The number of hydrogen-bond acceptors (Lipinski definition) is 5. The van der Waals surface area contributed by atoms with E-state index in [1.54, 1.807) is 11.3 Å². The maximum absolute atomic E-state index is 4.35. The van der Waals surface area contributed by atoms with Crippen LogP contribution in [0, 0.1) is 0 Å². The summed E-state index contributed by atoms with van der Waals surface area (Å²) in [5, 5.41) is 10.4. The van der Waals surface area contributed by atoms with Crippen LogP contribution in [0.2, 0.25) is 0 Å². The molecule has 1 aliphatic heterocycles. The molecule has 1 saturated heterocycles. The highest BCUT2D eigenvalue weighted by Crippen LogP contribution is 2.16. The lowest BCUT2D eigenvalue weighted by Crippen LogP contribution is -2.39. The molecule has 2 atom stereocenters. The first-order valence-electron chi connectivity index (χ1n) is 6.27. The lowest BCUT2D eigenvalue weighted by molar-refractivity contribution is 0.495. The second-order valence-electron chi connectivity index (χ2n) is 4.49. The number of nitrogens with zero attached hydrogens (tertiary/aromatic N) is 1. The minimum Gasteiger partial charge on any atom is -0.316 e. The van der Waals surface area contributed by atoms with Crippen LogP contribution in [0.4, 0.5) is 0 Å². The Bertz CT molecular complexity index is 297. The fourth-order valence-electron chi connectivity index (χ4n) is 1.97. The Labute approximate surface area is 112 Å². The van der Waals surface area contributed by atoms with Crippen molar-refractivity contribution in [1.82, 2.24) is 15.6 Å². The normalized spacial score (nSPS) is 22.5. The number of rotatable bonds is 6. The molecular formula is C12H21N3S2. The summed E-state index contributed by atoms with van der Waals surface area (Å²) in [6.45, 7) is 5.55. The van der Waals surface area contributed by atoms with E-state index < -0.39 is 0 Å². The van der Waals surface area contributed by atoms with Gasteiger partial charge in [0, 0.05) is 48.1 Å². The second kappa shape index (κ2) is 7.36. The molecule has 0 bridgehead atoms.